The standard InChI is InChI=1S/C17H28N4O/c1-5-11-21-15(14-12(2)19-20(4)13(14)3)18-17(16(21)22)9-7-6-8-10-17/h15,18H,5-11H2,1-4H3. The Morgan fingerprint density at radius 3 is 2.50 bits per heavy atom. The minimum absolute atomic E-state index is 0.0146. The van der Waals surface area contributed by atoms with Gasteiger partial charge in [-0.1, -0.05) is 26.2 Å². The van der Waals surface area contributed by atoms with Crippen LogP contribution in [-0.4, -0.2) is 32.7 Å². The highest BCUT2D eigenvalue weighted by atomic mass is 16.2. The molecule has 5 heteroatoms. The SMILES string of the molecule is CCCN1C(=O)C2(CCCCC2)NC1c1c(C)nn(C)c1C. The molecule has 1 unspecified atom stereocenters. The van der Waals surface area contributed by atoms with E-state index >= 15 is 0 Å². The van der Waals surface area contributed by atoms with Gasteiger partial charge in [0.05, 0.1) is 11.2 Å². The number of hydrogen-bond donors (Lipinski definition) is 1. The molecule has 0 aromatic carbocycles. The van der Waals surface area contributed by atoms with Crippen molar-refractivity contribution in [3.63, 3.8) is 0 Å². The van der Waals surface area contributed by atoms with E-state index in [0.29, 0.717) is 5.91 Å². The van der Waals surface area contributed by atoms with Gasteiger partial charge in [0.2, 0.25) is 5.91 Å². The van der Waals surface area contributed by atoms with Crippen LogP contribution in [-0.2, 0) is 11.8 Å². The Kier molecular flexibility index (Phi) is 4.02. The monoisotopic (exact) mass is 304 g/mol. The van der Waals surface area contributed by atoms with Crippen LogP contribution in [0.25, 0.3) is 0 Å². The van der Waals surface area contributed by atoms with Gasteiger partial charge in [-0.05, 0) is 33.1 Å². The Balaban J connectivity index is 2.00. The zero-order valence-corrected chi connectivity index (χ0v) is 14.3. The van der Waals surface area contributed by atoms with Crippen LogP contribution in [0.1, 0.15) is 68.6 Å². The smallest absolute Gasteiger partial charge is 0.244 e. The van der Waals surface area contributed by atoms with Crippen LogP contribution in [0.4, 0.5) is 0 Å². The van der Waals surface area contributed by atoms with Crippen LogP contribution in [0.3, 0.4) is 0 Å². The number of carbonyl (C=O) groups is 1. The fourth-order valence-corrected chi connectivity index (χ4v) is 4.19. The molecule has 1 aliphatic carbocycles. The normalized spacial score (nSPS) is 24.5. The van der Waals surface area contributed by atoms with Crippen LogP contribution in [0.15, 0.2) is 0 Å². The topological polar surface area (TPSA) is 50.2 Å². The van der Waals surface area contributed by atoms with Gasteiger partial charge in [-0.25, -0.2) is 0 Å². The molecule has 0 bridgehead atoms. The second-order valence-corrected chi connectivity index (χ2v) is 6.90. The second-order valence-electron chi connectivity index (χ2n) is 6.90. The molecule has 122 valence electrons. The summed E-state index contributed by atoms with van der Waals surface area (Å²) in [6.07, 6.45) is 6.46. The van der Waals surface area contributed by atoms with Gasteiger partial charge in [0.25, 0.3) is 0 Å². The van der Waals surface area contributed by atoms with E-state index < -0.39 is 0 Å². The molecule has 1 spiro atoms. The molecule has 2 fully saturated rings. The molecule has 1 aromatic heterocycles. The van der Waals surface area contributed by atoms with Gasteiger partial charge in [-0.3, -0.25) is 14.8 Å². The predicted octanol–water partition coefficient (Wildman–Crippen LogP) is 2.58. The Labute approximate surface area is 133 Å². The molecule has 1 amide bonds. The van der Waals surface area contributed by atoms with Crippen molar-refractivity contribution in [2.75, 3.05) is 6.54 Å². The summed E-state index contributed by atoms with van der Waals surface area (Å²) in [6, 6.07) is 0. The summed E-state index contributed by atoms with van der Waals surface area (Å²) in [5, 5.41) is 8.27. The molecule has 2 heterocycles. The first-order valence-corrected chi connectivity index (χ1v) is 8.59. The van der Waals surface area contributed by atoms with Gasteiger partial charge in [0, 0.05) is 24.8 Å². The molecule has 1 N–H and O–H groups in total. The Morgan fingerprint density at radius 1 is 1.27 bits per heavy atom. The van der Waals surface area contributed by atoms with E-state index in [1.807, 2.05) is 18.7 Å². The minimum atomic E-state index is -0.327. The summed E-state index contributed by atoms with van der Waals surface area (Å²) in [7, 11) is 1.98. The van der Waals surface area contributed by atoms with E-state index in [9.17, 15) is 4.79 Å². The highest BCUT2D eigenvalue weighted by Gasteiger charge is 2.52. The average molecular weight is 304 g/mol. The van der Waals surface area contributed by atoms with Gasteiger partial charge >= 0.3 is 0 Å². The lowest BCUT2D eigenvalue weighted by Crippen LogP contribution is -2.48. The average Bonchev–Trinajstić information content (AvgIpc) is 2.89. The lowest BCUT2D eigenvalue weighted by Gasteiger charge is -2.31. The van der Waals surface area contributed by atoms with Gasteiger partial charge in [-0.15, -0.1) is 0 Å². The summed E-state index contributed by atoms with van der Waals surface area (Å²) in [5.74, 6) is 0.307. The van der Waals surface area contributed by atoms with Crippen LogP contribution in [0.2, 0.25) is 0 Å². The molecule has 1 saturated carbocycles. The third-order valence-electron chi connectivity index (χ3n) is 5.40. The summed E-state index contributed by atoms with van der Waals surface area (Å²) in [6.45, 7) is 7.09. The molecule has 0 radical (unpaired) electrons. The fourth-order valence-electron chi connectivity index (χ4n) is 4.19. The molecule has 22 heavy (non-hydrogen) atoms. The molecule has 1 aliphatic heterocycles. The van der Waals surface area contributed by atoms with Crippen LogP contribution >= 0.6 is 0 Å². The van der Waals surface area contributed by atoms with E-state index in [1.54, 1.807) is 0 Å². The highest BCUT2D eigenvalue weighted by molar-refractivity contribution is 5.89. The molecule has 3 rings (SSSR count). The molecule has 5 nitrogen and oxygen atoms in total. The van der Waals surface area contributed by atoms with E-state index in [1.165, 1.54) is 12.0 Å². The fraction of sp³-hybridized carbons (Fsp3) is 0.765. The first kappa shape index (κ1) is 15.5. The minimum Gasteiger partial charge on any atom is -0.321 e. The predicted molar refractivity (Wildman–Crippen MR) is 86.4 cm³/mol. The molecular formula is C17H28N4O. The lowest BCUT2D eigenvalue weighted by molar-refractivity contribution is -0.134. The van der Waals surface area contributed by atoms with Crippen molar-refractivity contribution in [2.45, 2.75) is 71.0 Å². The summed E-state index contributed by atoms with van der Waals surface area (Å²) >= 11 is 0. The van der Waals surface area contributed by atoms with E-state index in [0.717, 1.165) is 50.0 Å². The summed E-state index contributed by atoms with van der Waals surface area (Å²) in [4.78, 5) is 15.2. The van der Waals surface area contributed by atoms with Crippen molar-refractivity contribution < 1.29 is 4.79 Å². The van der Waals surface area contributed by atoms with Crippen molar-refractivity contribution in [1.29, 1.82) is 0 Å². The Hall–Kier alpha value is -1.36. The molecular weight excluding hydrogens is 276 g/mol. The zero-order valence-electron chi connectivity index (χ0n) is 14.3. The Morgan fingerprint density at radius 2 is 1.95 bits per heavy atom. The van der Waals surface area contributed by atoms with E-state index in [2.05, 4.69) is 29.2 Å². The van der Waals surface area contributed by atoms with Crippen LogP contribution in [0, 0.1) is 13.8 Å². The quantitative estimate of drug-likeness (QED) is 0.934. The van der Waals surface area contributed by atoms with Crippen molar-refractivity contribution >= 4 is 5.91 Å². The number of aryl methyl sites for hydroxylation is 2. The van der Waals surface area contributed by atoms with E-state index in [-0.39, 0.29) is 11.7 Å². The number of aromatic nitrogens is 2. The number of nitrogens with zero attached hydrogens (tertiary/aromatic N) is 3. The summed E-state index contributed by atoms with van der Waals surface area (Å²) < 4.78 is 1.92. The van der Waals surface area contributed by atoms with Crippen molar-refractivity contribution in [1.82, 2.24) is 20.0 Å². The number of rotatable bonds is 3. The maximum atomic E-state index is 13.1. The third kappa shape index (κ3) is 2.26. The maximum Gasteiger partial charge on any atom is 0.244 e. The van der Waals surface area contributed by atoms with Crippen molar-refractivity contribution in [3.05, 3.63) is 17.0 Å². The number of hydrogen-bond acceptors (Lipinski definition) is 3. The molecule has 1 aromatic rings. The number of amides is 1. The molecule has 1 atom stereocenters. The number of carbonyl (C=O) groups excluding carboxylic acids is 1. The van der Waals surface area contributed by atoms with Crippen molar-refractivity contribution in [2.24, 2.45) is 7.05 Å². The number of nitrogens with one attached hydrogen (secondary N) is 1. The maximum absolute atomic E-state index is 13.1. The van der Waals surface area contributed by atoms with Gasteiger partial charge in [0.15, 0.2) is 0 Å². The third-order valence-corrected chi connectivity index (χ3v) is 5.40. The Bertz CT molecular complexity index is 571. The van der Waals surface area contributed by atoms with Crippen molar-refractivity contribution in [3.8, 4) is 0 Å². The molecule has 1 saturated heterocycles. The molecule has 2 aliphatic rings. The van der Waals surface area contributed by atoms with Gasteiger partial charge in [-0.2, -0.15) is 5.10 Å². The largest absolute Gasteiger partial charge is 0.321 e. The summed E-state index contributed by atoms with van der Waals surface area (Å²) in [5.41, 5.74) is 3.04. The lowest BCUT2D eigenvalue weighted by atomic mass is 9.81. The van der Waals surface area contributed by atoms with Crippen LogP contribution in [0.5, 0.6) is 0 Å². The first-order chi connectivity index (χ1) is 10.5. The second kappa shape index (κ2) is 5.69. The van der Waals surface area contributed by atoms with E-state index in [4.69, 9.17) is 0 Å². The zero-order chi connectivity index (χ0) is 15.9. The van der Waals surface area contributed by atoms with Gasteiger partial charge < -0.3 is 4.90 Å². The highest BCUT2D eigenvalue weighted by Crippen LogP contribution is 2.41. The first-order valence-electron chi connectivity index (χ1n) is 8.59. The van der Waals surface area contributed by atoms with Gasteiger partial charge in [0.1, 0.15) is 6.17 Å². The van der Waals surface area contributed by atoms with Crippen LogP contribution < -0.4 is 5.32 Å².